The predicted molar refractivity (Wildman–Crippen MR) is 54.9 cm³/mol. The van der Waals surface area contributed by atoms with Gasteiger partial charge in [-0.25, -0.2) is 0 Å². The standard InChI is InChI=1S/C10H8BF3N/c1-2-4-10-9(5-3-8-15-10)6-7-11(12,13)14/h1,3,5-8H,4H2/q-1/b7-6+. The molecule has 0 bridgehead atoms. The summed E-state index contributed by atoms with van der Waals surface area (Å²) in [5.41, 5.74) is 0.894. The average Bonchev–Trinajstić information content (AvgIpc) is 2.16. The van der Waals surface area contributed by atoms with E-state index in [-0.39, 0.29) is 12.4 Å². The van der Waals surface area contributed by atoms with Gasteiger partial charge in [-0.05, 0) is 11.6 Å². The van der Waals surface area contributed by atoms with Crippen LogP contribution in [0.25, 0.3) is 6.08 Å². The first-order valence-corrected chi connectivity index (χ1v) is 4.29. The highest BCUT2D eigenvalue weighted by Gasteiger charge is 2.17. The number of rotatable bonds is 3. The van der Waals surface area contributed by atoms with E-state index in [0.717, 1.165) is 6.08 Å². The molecule has 0 saturated carbocycles. The molecule has 0 aliphatic carbocycles. The molecule has 1 aromatic rings. The maximum atomic E-state index is 12.0. The summed E-state index contributed by atoms with van der Waals surface area (Å²) in [7, 11) is 0. The highest BCUT2D eigenvalue weighted by Crippen LogP contribution is 2.14. The van der Waals surface area contributed by atoms with Gasteiger partial charge in [0.2, 0.25) is 0 Å². The second-order valence-electron chi connectivity index (χ2n) is 2.90. The van der Waals surface area contributed by atoms with Gasteiger partial charge in [0.15, 0.2) is 0 Å². The van der Waals surface area contributed by atoms with Crippen LogP contribution in [0.3, 0.4) is 0 Å². The molecule has 0 radical (unpaired) electrons. The fourth-order valence-corrected chi connectivity index (χ4v) is 1.06. The van der Waals surface area contributed by atoms with Gasteiger partial charge >= 0.3 is 6.98 Å². The van der Waals surface area contributed by atoms with Gasteiger partial charge in [-0.2, -0.15) is 0 Å². The van der Waals surface area contributed by atoms with Crippen molar-refractivity contribution in [2.24, 2.45) is 0 Å². The van der Waals surface area contributed by atoms with Gasteiger partial charge in [0.05, 0.1) is 12.1 Å². The van der Waals surface area contributed by atoms with E-state index in [2.05, 4.69) is 10.9 Å². The molecule has 0 aromatic carbocycles. The summed E-state index contributed by atoms with van der Waals surface area (Å²) in [5.74, 6) is 2.58. The summed E-state index contributed by atoms with van der Waals surface area (Å²) in [6.45, 7) is -4.91. The Labute approximate surface area is 86.1 Å². The average molecular weight is 210 g/mol. The first kappa shape index (κ1) is 11.4. The van der Waals surface area contributed by atoms with Crippen LogP contribution in [0.4, 0.5) is 12.9 Å². The largest absolute Gasteiger partial charge is 0.502 e. The van der Waals surface area contributed by atoms with Crippen molar-refractivity contribution in [1.29, 1.82) is 0 Å². The van der Waals surface area contributed by atoms with E-state index in [0.29, 0.717) is 11.3 Å². The highest BCUT2D eigenvalue weighted by atomic mass is 19.4. The smallest absolute Gasteiger partial charge is 0.445 e. The number of hydrogen-bond acceptors (Lipinski definition) is 1. The van der Waals surface area contributed by atoms with Crippen LogP contribution in [0.15, 0.2) is 24.3 Å². The van der Waals surface area contributed by atoms with Gasteiger partial charge in [0, 0.05) is 6.20 Å². The second kappa shape index (κ2) is 4.69. The summed E-state index contributed by atoms with van der Waals surface area (Å²) in [4.78, 5) is 3.91. The molecule has 0 amide bonds. The lowest BCUT2D eigenvalue weighted by molar-refractivity contribution is 0.499. The molecule has 15 heavy (non-hydrogen) atoms. The molecule has 0 saturated heterocycles. The Morgan fingerprint density at radius 1 is 1.47 bits per heavy atom. The van der Waals surface area contributed by atoms with Crippen LogP contribution in [-0.2, 0) is 6.42 Å². The van der Waals surface area contributed by atoms with Gasteiger partial charge in [-0.3, -0.25) is 4.98 Å². The van der Waals surface area contributed by atoms with E-state index in [4.69, 9.17) is 6.42 Å². The molecule has 0 aliphatic rings. The van der Waals surface area contributed by atoms with E-state index in [1.54, 1.807) is 12.1 Å². The van der Waals surface area contributed by atoms with Crippen LogP contribution < -0.4 is 0 Å². The van der Waals surface area contributed by atoms with Crippen LogP contribution in [-0.4, -0.2) is 12.0 Å². The minimum absolute atomic E-state index is 0.228. The quantitative estimate of drug-likeness (QED) is 0.551. The molecule has 1 nitrogen and oxygen atoms in total. The molecule has 0 N–H and O–H groups in total. The summed E-state index contributed by atoms with van der Waals surface area (Å²) in [5, 5.41) is 0. The Balaban J connectivity index is 2.95. The SMILES string of the molecule is C#CCc1ncccc1/C=C/[B-](F)(F)F. The van der Waals surface area contributed by atoms with Crippen molar-refractivity contribution in [1.82, 2.24) is 4.98 Å². The summed E-state index contributed by atoms with van der Waals surface area (Å²) in [6, 6.07) is 3.13. The molecule has 1 heterocycles. The van der Waals surface area contributed by atoms with Crippen molar-refractivity contribution < 1.29 is 12.9 Å². The van der Waals surface area contributed by atoms with Crippen LogP contribution in [0.2, 0.25) is 0 Å². The normalized spacial score (nSPS) is 11.6. The molecular formula is C10H8BF3N-. The van der Waals surface area contributed by atoms with E-state index in [1.165, 1.54) is 6.20 Å². The fourth-order valence-electron chi connectivity index (χ4n) is 1.06. The summed E-state index contributed by atoms with van der Waals surface area (Å²) in [6.07, 6.45) is 7.81. The number of hydrogen-bond donors (Lipinski definition) is 0. The van der Waals surface area contributed by atoms with Gasteiger partial charge in [0.25, 0.3) is 0 Å². The van der Waals surface area contributed by atoms with E-state index >= 15 is 0 Å². The third-order valence-electron chi connectivity index (χ3n) is 1.69. The Bertz CT molecular complexity index is 404. The molecule has 1 aromatic heterocycles. The van der Waals surface area contributed by atoms with Crippen molar-refractivity contribution in [3.8, 4) is 12.3 Å². The lowest BCUT2D eigenvalue weighted by atomic mass is 9.90. The monoisotopic (exact) mass is 210 g/mol. The first-order chi connectivity index (χ1) is 7.03. The molecule has 5 heteroatoms. The molecular weight excluding hydrogens is 202 g/mol. The van der Waals surface area contributed by atoms with Crippen LogP contribution in [0.5, 0.6) is 0 Å². The Kier molecular flexibility index (Phi) is 3.56. The van der Waals surface area contributed by atoms with Crippen LogP contribution >= 0.6 is 0 Å². The minimum Gasteiger partial charge on any atom is -0.445 e. The first-order valence-electron chi connectivity index (χ1n) is 4.29. The van der Waals surface area contributed by atoms with Crippen molar-refractivity contribution in [3.63, 3.8) is 0 Å². The zero-order valence-electron chi connectivity index (χ0n) is 7.83. The van der Waals surface area contributed by atoms with Gasteiger partial charge in [-0.15, -0.1) is 18.3 Å². The zero-order chi connectivity index (χ0) is 11.3. The van der Waals surface area contributed by atoms with E-state index in [9.17, 15) is 12.9 Å². The van der Waals surface area contributed by atoms with Gasteiger partial charge in [0.1, 0.15) is 0 Å². The minimum atomic E-state index is -4.91. The molecule has 0 atom stereocenters. The topological polar surface area (TPSA) is 12.9 Å². The van der Waals surface area contributed by atoms with Gasteiger partial charge in [-0.1, -0.05) is 12.1 Å². The van der Waals surface area contributed by atoms with E-state index in [1.807, 2.05) is 0 Å². The molecule has 1 rings (SSSR count). The summed E-state index contributed by atoms with van der Waals surface area (Å²) < 4.78 is 35.9. The number of pyridine rings is 1. The van der Waals surface area contributed by atoms with Crippen molar-refractivity contribution >= 4 is 13.1 Å². The Hall–Kier alpha value is -1.70. The highest BCUT2D eigenvalue weighted by molar-refractivity contribution is 6.64. The van der Waals surface area contributed by atoms with Gasteiger partial charge < -0.3 is 12.9 Å². The molecule has 78 valence electrons. The molecule has 0 aliphatic heterocycles. The lowest BCUT2D eigenvalue weighted by Gasteiger charge is -2.07. The van der Waals surface area contributed by atoms with Crippen LogP contribution in [0.1, 0.15) is 11.3 Å². The lowest BCUT2D eigenvalue weighted by Crippen LogP contribution is -2.09. The number of terminal acetylenes is 1. The number of nitrogens with zero attached hydrogens (tertiary/aromatic N) is 1. The fraction of sp³-hybridized carbons (Fsp3) is 0.100. The number of halogens is 3. The van der Waals surface area contributed by atoms with Crippen molar-refractivity contribution in [3.05, 3.63) is 35.6 Å². The maximum absolute atomic E-state index is 12.0. The van der Waals surface area contributed by atoms with E-state index < -0.39 is 6.98 Å². The van der Waals surface area contributed by atoms with Crippen molar-refractivity contribution in [2.75, 3.05) is 0 Å². The third kappa shape index (κ3) is 3.90. The zero-order valence-corrected chi connectivity index (χ0v) is 7.83. The van der Waals surface area contributed by atoms with Crippen LogP contribution in [0, 0.1) is 12.3 Å². The predicted octanol–water partition coefficient (Wildman–Crippen LogP) is 2.66. The summed E-state index contributed by atoms with van der Waals surface area (Å²) >= 11 is 0. The second-order valence-corrected chi connectivity index (χ2v) is 2.90. The maximum Gasteiger partial charge on any atom is 0.502 e. The Morgan fingerprint density at radius 3 is 2.80 bits per heavy atom. The number of aromatic nitrogens is 1. The third-order valence-corrected chi connectivity index (χ3v) is 1.69. The molecule has 0 unspecified atom stereocenters. The van der Waals surface area contributed by atoms with Crippen molar-refractivity contribution in [2.45, 2.75) is 6.42 Å². The molecule has 0 spiro atoms. The molecule has 0 fully saturated rings. The Morgan fingerprint density at radius 2 is 2.20 bits per heavy atom.